The molecule has 0 unspecified atom stereocenters. The van der Waals surface area contributed by atoms with Gasteiger partial charge in [0.1, 0.15) is 0 Å². The first kappa shape index (κ1) is 25.6. The van der Waals surface area contributed by atoms with Crippen LogP contribution in [0.5, 0.6) is 17.2 Å². The summed E-state index contributed by atoms with van der Waals surface area (Å²) < 4.78 is 21.7. The first-order valence-corrected chi connectivity index (χ1v) is 11.1. The number of fused-ring (bicyclic) bond motifs is 1. The highest BCUT2D eigenvalue weighted by Crippen LogP contribution is 2.41. The molecule has 3 aromatic rings. The zero-order valence-electron chi connectivity index (χ0n) is 20.7. The molecule has 0 saturated heterocycles. The number of hydrogen-bond acceptors (Lipinski definition) is 7. The molecule has 0 N–H and O–H groups in total. The predicted octanol–water partition coefficient (Wildman–Crippen LogP) is 4.51. The molecule has 184 valence electrons. The van der Waals surface area contributed by atoms with Crippen LogP contribution in [-0.2, 0) is 9.53 Å². The van der Waals surface area contributed by atoms with E-state index in [4.69, 9.17) is 23.9 Å². The van der Waals surface area contributed by atoms with Crippen LogP contribution in [0.25, 0.3) is 22.2 Å². The maximum atomic E-state index is 13.1. The number of methoxy groups -OCH3 is 3. The molecular weight excluding hydrogens is 448 g/mol. The Morgan fingerprint density at radius 2 is 1.66 bits per heavy atom. The summed E-state index contributed by atoms with van der Waals surface area (Å²) in [7, 11) is 4.59. The van der Waals surface area contributed by atoms with Gasteiger partial charge in [0.2, 0.25) is 5.75 Å². The molecule has 2 aromatic carbocycles. The van der Waals surface area contributed by atoms with Crippen molar-refractivity contribution < 1.29 is 28.5 Å². The molecule has 0 atom stereocenters. The predicted molar refractivity (Wildman–Crippen MR) is 134 cm³/mol. The van der Waals surface area contributed by atoms with Crippen molar-refractivity contribution in [1.82, 2.24) is 9.88 Å². The third-order valence-electron chi connectivity index (χ3n) is 5.42. The van der Waals surface area contributed by atoms with Crippen LogP contribution in [-0.4, -0.2) is 62.8 Å². The number of aromatic nitrogens is 1. The zero-order valence-corrected chi connectivity index (χ0v) is 20.7. The first-order chi connectivity index (χ1) is 16.8. The highest BCUT2D eigenvalue weighted by Gasteiger charge is 2.20. The van der Waals surface area contributed by atoms with Crippen molar-refractivity contribution in [3.8, 4) is 28.5 Å². The quantitative estimate of drug-likeness (QED) is 0.313. The van der Waals surface area contributed by atoms with E-state index in [0.717, 1.165) is 5.57 Å². The summed E-state index contributed by atoms with van der Waals surface area (Å²) in [5.74, 6) is 0.476. The minimum absolute atomic E-state index is 0.285. The van der Waals surface area contributed by atoms with Crippen molar-refractivity contribution in [2.24, 2.45) is 0 Å². The molecule has 0 saturated carbocycles. The summed E-state index contributed by atoms with van der Waals surface area (Å²) in [5, 5.41) is 0.621. The maximum Gasteiger partial charge on any atom is 0.339 e. The molecule has 1 aromatic heterocycles. The molecule has 0 aliphatic heterocycles. The lowest BCUT2D eigenvalue weighted by atomic mass is 10.0. The Labute approximate surface area is 205 Å². The van der Waals surface area contributed by atoms with Crippen LogP contribution < -0.4 is 14.2 Å². The molecule has 0 fully saturated rings. The van der Waals surface area contributed by atoms with Gasteiger partial charge in [-0.25, -0.2) is 9.78 Å². The zero-order chi connectivity index (χ0) is 25.5. The molecule has 0 bridgehead atoms. The fourth-order valence-corrected chi connectivity index (χ4v) is 3.72. The van der Waals surface area contributed by atoms with Crippen LogP contribution in [0, 0.1) is 0 Å². The summed E-state index contributed by atoms with van der Waals surface area (Å²) in [6.45, 7) is 8.09. The molecule has 0 radical (unpaired) electrons. The van der Waals surface area contributed by atoms with Gasteiger partial charge < -0.3 is 23.8 Å². The van der Waals surface area contributed by atoms with Crippen LogP contribution in [0.1, 0.15) is 24.2 Å². The minimum Gasteiger partial charge on any atom is -0.493 e. The fourth-order valence-electron chi connectivity index (χ4n) is 3.72. The molecule has 3 rings (SSSR count). The molecule has 1 heterocycles. The number of hydrogen-bond donors (Lipinski definition) is 0. The summed E-state index contributed by atoms with van der Waals surface area (Å²) >= 11 is 0. The van der Waals surface area contributed by atoms with Crippen LogP contribution >= 0.6 is 0 Å². The average molecular weight is 479 g/mol. The second kappa shape index (κ2) is 11.4. The number of amides is 1. The highest BCUT2D eigenvalue weighted by atomic mass is 16.5. The number of benzene rings is 2. The van der Waals surface area contributed by atoms with Crippen molar-refractivity contribution >= 4 is 22.8 Å². The van der Waals surface area contributed by atoms with E-state index in [1.807, 2.05) is 32.0 Å². The van der Waals surface area contributed by atoms with Gasteiger partial charge in [0.05, 0.1) is 38.1 Å². The molecule has 35 heavy (non-hydrogen) atoms. The fraction of sp³-hybridized carbons (Fsp3) is 0.296. The molecule has 0 spiro atoms. The number of para-hydroxylation sites is 1. The van der Waals surface area contributed by atoms with E-state index in [1.165, 1.54) is 21.3 Å². The molecule has 1 amide bonds. The van der Waals surface area contributed by atoms with E-state index in [-0.39, 0.29) is 12.5 Å². The summed E-state index contributed by atoms with van der Waals surface area (Å²) in [5.41, 5.74) is 2.93. The second-order valence-electron chi connectivity index (χ2n) is 7.93. The number of carbonyl (C=O) groups excluding carboxylic acids is 2. The van der Waals surface area contributed by atoms with E-state index < -0.39 is 5.97 Å². The summed E-state index contributed by atoms with van der Waals surface area (Å²) in [4.78, 5) is 32.0. The maximum absolute atomic E-state index is 13.1. The SMILES string of the molecule is C=C(C)CN(CC)C(=O)COC(=O)c1cc(-c2cc(OC)c(OC)c(OC)c2)nc2ccccc12. The molecule has 0 aliphatic carbocycles. The smallest absolute Gasteiger partial charge is 0.339 e. The molecular formula is C27H30N2O6. The van der Waals surface area contributed by atoms with Gasteiger partial charge in [0.15, 0.2) is 18.1 Å². The Hall–Kier alpha value is -4.07. The van der Waals surface area contributed by atoms with Crippen molar-refractivity contribution in [1.29, 1.82) is 0 Å². The molecule has 8 nitrogen and oxygen atoms in total. The third-order valence-corrected chi connectivity index (χ3v) is 5.42. The van der Waals surface area contributed by atoms with Gasteiger partial charge in [-0.1, -0.05) is 30.4 Å². The van der Waals surface area contributed by atoms with Crippen LogP contribution in [0.4, 0.5) is 0 Å². The third kappa shape index (κ3) is 5.71. The van der Waals surface area contributed by atoms with Crippen molar-refractivity contribution in [2.45, 2.75) is 13.8 Å². The van der Waals surface area contributed by atoms with Crippen molar-refractivity contribution in [3.05, 3.63) is 60.2 Å². The van der Waals surface area contributed by atoms with Crippen LogP contribution in [0.2, 0.25) is 0 Å². The van der Waals surface area contributed by atoms with E-state index in [2.05, 4.69) is 6.58 Å². The Morgan fingerprint density at radius 1 is 1.00 bits per heavy atom. The van der Waals surface area contributed by atoms with Crippen LogP contribution in [0.15, 0.2) is 54.6 Å². The number of rotatable bonds is 10. The van der Waals surface area contributed by atoms with Crippen molar-refractivity contribution in [2.75, 3.05) is 41.0 Å². The number of carbonyl (C=O) groups is 2. The topological polar surface area (TPSA) is 87.2 Å². The number of nitrogens with zero attached hydrogens (tertiary/aromatic N) is 2. The summed E-state index contributed by atoms with van der Waals surface area (Å²) in [6.07, 6.45) is 0. The lowest BCUT2D eigenvalue weighted by Gasteiger charge is -2.20. The van der Waals surface area contributed by atoms with Gasteiger partial charge in [-0.2, -0.15) is 0 Å². The van der Waals surface area contributed by atoms with Gasteiger partial charge in [0.25, 0.3) is 5.91 Å². The number of esters is 1. The number of pyridine rings is 1. The van der Waals surface area contributed by atoms with Gasteiger partial charge in [0, 0.05) is 24.0 Å². The summed E-state index contributed by atoms with van der Waals surface area (Å²) in [6, 6.07) is 12.4. The molecule has 8 heteroatoms. The van der Waals surface area contributed by atoms with Gasteiger partial charge >= 0.3 is 5.97 Å². The van der Waals surface area contributed by atoms with E-state index in [9.17, 15) is 9.59 Å². The van der Waals surface area contributed by atoms with Crippen molar-refractivity contribution in [3.63, 3.8) is 0 Å². The van der Waals surface area contributed by atoms with Gasteiger partial charge in [-0.05, 0) is 38.1 Å². The molecule has 0 aliphatic rings. The standard InChI is InChI=1S/C27H30N2O6/c1-7-29(15-17(2)3)25(30)16-35-27(31)20-14-22(28-21-11-9-8-10-19(20)21)18-12-23(32-4)26(34-6)24(13-18)33-5/h8-14H,2,7,15-16H2,1,3-6H3. The first-order valence-electron chi connectivity index (χ1n) is 11.1. The average Bonchev–Trinajstić information content (AvgIpc) is 2.88. The van der Waals surface area contributed by atoms with E-state index in [1.54, 1.807) is 29.2 Å². The Morgan fingerprint density at radius 3 is 2.23 bits per heavy atom. The number of ether oxygens (including phenoxy) is 4. The Bertz CT molecular complexity index is 1230. The highest BCUT2D eigenvalue weighted by molar-refractivity contribution is 6.05. The number of likely N-dealkylation sites (N-methyl/N-ethyl adjacent to an activating group) is 1. The largest absolute Gasteiger partial charge is 0.493 e. The van der Waals surface area contributed by atoms with E-state index in [0.29, 0.717) is 58.1 Å². The normalized spacial score (nSPS) is 10.5. The Balaban J connectivity index is 2.00. The van der Waals surface area contributed by atoms with Gasteiger partial charge in [-0.15, -0.1) is 0 Å². The monoisotopic (exact) mass is 478 g/mol. The second-order valence-corrected chi connectivity index (χ2v) is 7.93. The lowest BCUT2D eigenvalue weighted by molar-refractivity contribution is -0.133. The van der Waals surface area contributed by atoms with Gasteiger partial charge in [-0.3, -0.25) is 4.79 Å². The minimum atomic E-state index is -0.614. The Kier molecular flexibility index (Phi) is 8.30. The lowest BCUT2D eigenvalue weighted by Crippen LogP contribution is -2.35. The van der Waals surface area contributed by atoms with E-state index >= 15 is 0 Å². The van der Waals surface area contributed by atoms with Crippen LogP contribution in [0.3, 0.4) is 0 Å².